The zero-order valence-corrected chi connectivity index (χ0v) is 19.4. The van der Waals surface area contributed by atoms with E-state index in [1.54, 1.807) is 42.5 Å². The summed E-state index contributed by atoms with van der Waals surface area (Å²) < 4.78 is 25.4. The number of carbonyl (C=O) groups excluding carboxylic acids is 2. The fourth-order valence-corrected chi connectivity index (χ4v) is 6.32. The van der Waals surface area contributed by atoms with Crippen LogP contribution in [0.1, 0.15) is 49.9 Å². The van der Waals surface area contributed by atoms with E-state index in [9.17, 15) is 18.0 Å². The van der Waals surface area contributed by atoms with E-state index >= 15 is 0 Å². The molecule has 0 spiro atoms. The first-order valence-electron chi connectivity index (χ1n) is 10.4. The van der Waals surface area contributed by atoms with Gasteiger partial charge in [0.05, 0.1) is 21.5 Å². The molecular formula is C23H28N2O4S2. The first-order valence-corrected chi connectivity index (χ1v) is 13.0. The van der Waals surface area contributed by atoms with Crippen molar-refractivity contribution >= 4 is 39.1 Å². The minimum absolute atomic E-state index is 0.0621. The van der Waals surface area contributed by atoms with E-state index in [0.29, 0.717) is 33.9 Å². The van der Waals surface area contributed by atoms with Gasteiger partial charge in [0.25, 0.3) is 5.91 Å². The average molecular weight is 461 g/mol. The van der Waals surface area contributed by atoms with Gasteiger partial charge >= 0.3 is 0 Å². The molecule has 3 rings (SSSR count). The van der Waals surface area contributed by atoms with Crippen molar-refractivity contribution in [3.8, 4) is 0 Å². The molecular weight excluding hydrogens is 432 g/mol. The van der Waals surface area contributed by atoms with Gasteiger partial charge < -0.3 is 10.6 Å². The first kappa shape index (κ1) is 23.3. The van der Waals surface area contributed by atoms with Gasteiger partial charge in [0, 0.05) is 16.6 Å². The number of rotatable bonds is 8. The van der Waals surface area contributed by atoms with Crippen molar-refractivity contribution in [3.05, 3.63) is 54.1 Å². The zero-order valence-electron chi connectivity index (χ0n) is 17.8. The molecule has 0 unspecified atom stereocenters. The summed E-state index contributed by atoms with van der Waals surface area (Å²) in [6.07, 6.45) is 3.33. The Hall–Kier alpha value is -2.32. The lowest BCUT2D eigenvalue weighted by Gasteiger charge is -2.13. The maximum atomic E-state index is 12.8. The molecule has 31 heavy (non-hydrogen) atoms. The summed E-state index contributed by atoms with van der Waals surface area (Å²) in [4.78, 5) is 25.7. The normalized spacial score (nSPS) is 14.5. The van der Waals surface area contributed by atoms with Crippen molar-refractivity contribution in [1.82, 2.24) is 5.32 Å². The summed E-state index contributed by atoms with van der Waals surface area (Å²) in [5.74, 6) is -0.177. The molecule has 6 nitrogen and oxygen atoms in total. The fraction of sp³-hybridized carbons (Fsp3) is 0.391. The van der Waals surface area contributed by atoms with Gasteiger partial charge in [-0.05, 0) is 63.1 Å². The lowest BCUT2D eigenvalue weighted by molar-refractivity contribution is -0.119. The van der Waals surface area contributed by atoms with E-state index in [2.05, 4.69) is 10.6 Å². The highest BCUT2D eigenvalue weighted by Gasteiger charge is 2.30. The molecule has 2 aromatic rings. The van der Waals surface area contributed by atoms with Gasteiger partial charge in [-0.3, -0.25) is 9.59 Å². The lowest BCUT2D eigenvalue weighted by Crippen LogP contribution is -2.31. The lowest BCUT2D eigenvalue weighted by atomic mass is 10.2. The summed E-state index contributed by atoms with van der Waals surface area (Å²) in [5, 5.41) is 5.35. The van der Waals surface area contributed by atoms with Crippen LogP contribution in [-0.2, 0) is 14.6 Å². The number of hydrogen-bond acceptors (Lipinski definition) is 5. The summed E-state index contributed by atoms with van der Waals surface area (Å²) in [6.45, 7) is 3.79. The number of benzene rings is 2. The summed E-state index contributed by atoms with van der Waals surface area (Å²) in [7, 11) is -3.32. The highest BCUT2D eigenvalue weighted by atomic mass is 32.2. The van der Waals surface area contributed by atoms with E-state index in [-0.39, 0.29) is 28.9 Å². The topological polar surface area (TPSA) is 92.3 Å². The number of hydrogen-bond donors (Lipinski definition) is 2. The van der Waals surface area contributed by atoms with Crippen LogP contribution in [0.25, 0.3) is 0 Å². The molecule has 2 aromatic carbocycles. The van der Waals surface area contributed by atoms with Crippen molar-refractivity contribution < 1.29 is 18.0 Å². The third-order valence-electron chi connectivity index (χ3n) is 5.12. The molecule has 166 valence electrons. The molecule has 2 amide bonds. The maximum absolute atomic E-state index is 12.8. The Kier molecular flexibility index (Phi) is 7.78. The van der Waals surface area contributed by atoms with Crippen LogP contribution in [-0.4, -0.2) is 37.3 Å². The largest absolute Gasteiger partial charge is 0.353 e. The van der Waals surface area contributed by atoms with Crippen molar-refractivity contribution in [2.24, 2.45) is 0 Å². The van der Waals surface area contributed by atoms with Gasteiger partial charge in [0.15, 0.2) is 9.84 Å². The molecule has 0 bridgehead atoms. The third-order valence-corrected chi connectivity index (χ3v) is 8.47. The highest BCUT2D eigenvalue weighted by Crippen LogP contribution is 2.30. The Balaban J connectivity index is 1.67. The minimum atomic E-state index is -3.32. The van der Waals surface area contributed by atoms with E-state index < -0.39 is 9.84 Å². The molecule has 0 radical (unpaired) electrons. The monoisotopic (exact) mass is 460 g/mol. The molecule has 1 saturated carbocycles. The van der Waals surface area contributed by atoms with Crippen LogP contribution in [0.2, 0.25) is 0 Å². The van der Waals surface area contributed by atoms with Crippen LogP contribution >= 0.6 is 11.8 Å². The number of thioether (sulfide) groups is 1. The van der Waals surface area contributed by atoms with Gasteiger partial charge in [0.2, 0.25) is 5.91 Å². The Labute approximate surface area is 188 Å². The number of sulfone groups is 1. The van der Waals surface area contributed by atoms with Crippen LogP contribution in [0.3, 0.4) is 0 Å². The minimum Gasteiger partial charge on any atom is -0.353 e. The molecule has 8 heteroatoms. The van der Waals surface area contributed by atoms with Gasteiger partial charge in [0.1, 0.15) is 0 Å². The Morgan fingerprint density at radius 3 is 2.32 bits per heavy atom. The molecule has 2 N–H and O–H groups in total. The summed E-state index contributed by atoms with van der Waals surface area (Å²) in [5.41, 5.74) is 0.986. The van der Waals surface area contributed by atoms with Crippen molar-refractivity contribution in [3.63, 3.8) is 0 Å². The van der Waals surface area contributed by atoms with Crippen LogP contribution in [0.5, 0.6) is 0 Å². The number of carbonyl (C=O) groups is 2. The number of nitrogens with one attached hydrogen (secondary N) is 2. The molecule has 1 aliphatic carbocycles. The van der Waals surface area contributed by atoms with Crippen LogP contribution < -0.4 is 10.6 Å². The fourth-order valence-electron chi connectivity index (χ4n) is 3.60. The van der Waals surface area contributed by atoms with E-state index in [1.165, 1.54) is 11.8 Å². The van der Waals surface area contributed by atoms with Gasteiger partial charge in [-0.2, -0.15) is 0 Å². The second kappa shape index (κ2) is 10.3. The molecule has 0 aromatic heterocycles. The predicted molar refractivity (Wildman–Crippen MR) is 124 cm³/mol. The van der Waals surface area contributed by atoms with Gasteiger partial charge in [-0.15, -0.1) is 11.8 Å². The Morgan fingerprint density at radius 2 is 1.68 bits per heavy atom. The predicted octanol–water partition coefficient (Wildman–Crippen LogP) is 4.27. The average Bonchev–Trinajstić information content (AvgIpc) is 3.28. The van der Waals surface area contributed by atoms with E-state index in [1.807, 2.05) is 19.9 Å². The van der Waals surface area contributed by atoms with Crippen molar-refractivity contribution in [2.45, 2.75) is 60.6 Å². The summed E-state index contributed by atoms with van der Waals surface area (Å²) >= 11 is 1.30. The molecule has 1 aliphatic rings. The Morgan fingerprint density at radius 1 is 1.03 bits per heavy atom. The van der Waals surface area contributed by atoms with E-state index in [4.69, 9.17) is 0 Å². The first-order chi connectivity index (χ1) is 14.8. The number of amides is 2. The molecule has 0 saturated heterocycles. The zero-order chi connectivity index (χ0) is 22.4. The van der Waals surface area contributed by atoms with Crippen LogP contribution in [0.4, 0.5) is 5.69 Å². The molecule has 0 atom stereocenters. The van der Waals surface area contributed by atoms with Crippen LogP contribution in [0.15, 0.2) is 58.3 Å². The van der Waals surface area contributed by atoms with Gasteiger partial charge in [-0.25, -0.2) is 8.42 Å². The molecule has 0 aliphatic heterocycles. The smallest absolute Gasteiger partial charge is 0.256 e. The maximum Gasteiger partial charge on any atom is 0.256 e. The van der Waals surface area contributed by atoms with Gasteiger partial charge in [-0.1, -0.05) is 25.0 Å². The van der Waals surface area contributed by atoms with E-state index in [0.717, 1.165) is 12.8 Å². The van der Waals surface area contributed by atoms with Crippen molar-refractivity contribution in [1.29, 1.82) is 0 Å². The second-order valence-electron chi connectivity index (χ2n) is 7.94. The Bertz CT molecular complexity index is 1030. The number of anilines is 1. The highest BCUT2D eigenvalue weighted by molar-refractivity contribution is 8.00. The third kappa shape index (κ3) is 6.11. The molecule has 0 heterocycles. The standard InChI is InChI=1S/C23H28N2O4S2/c1-16(2)24-22(26)15-30-21-10-6-5-9-20(21)23(27)25-17-11-13-19(14-12-17)31(28,29)18-7-3-4-8-18/h5-6,9-14,16,18H,3-4,7-8,15H2,1-2H3,(H,24,26)(H,25,27). The SMILES string of the molecule is CC(C)NC(=O)CSc1ccccc1C(=O)Nc1ccc(S(=O)(=O)C2CCCC2)cc1. The summed E-state index contributed by atoms with van der Waals surface area (Å²) in [6, 6.07) is 13.5. The molecule has 1 fully saturated rings. The quantitative estimate of drug-likeness (QED) is 0.574. The van der Waals surface area contributed by atoms with Crippen LogP contribution in [0, 0.1) is 0 Å². The second-order valence-corrected chi connectivity index (χ2v) is 11.2. The van der Waals surface area contributed by atoms with Crippen molar-refractivity contribution in [2.75, 3.05) is 11.1 Å².